The van der Waals surface area contributed by atoms with Gasteiger partial charge in [0.15, 0.2) is 0 Å². The predicted octanol–water partition coefficient (Wildman–Crippen LogP) is 1.000. The van der Waals surface area contributed by atoms with Crippen LogP contribution < -0.4 is 10.2 Å². The fourth-order valence-corrected chi connectivity index (χ4v) is 2.93. The van der Waals surface area contributed by atoms with Crippen LogP contribution in [-0.4, -0.2) is 20.5 Å². The summed E-state index contributed by atoms with van der Waals surface area (Å²) in [6.45, 7) is 0.563. The molecule has 0 spiro atoms. The van der Waals surface area contributed by atoms with E-state index in [0.29, 0.717) is 6.61 Å². The Morgan fingerprint density at radius 3 is 2.71 bits per heavy atom. The second-order valence-corrected chi connectivity index (χ2v) is 6.19. The second kappa shape index (κ2) is 6.66. The molecule has 0 radical (unpaired) electrons. The molecular weight excluding hydrogens is 292 g/mol. The lowest BCUT2D eigenvalue weighted by atomic mass is 10.1. The topological polar surface area (TPSA) is 88.3 Å². The molecule has 0 amide bonds. The van der Waals surface area contributed by atoms with Crippen LogP contribution in [0.1, 0.15) is 11.1 Å². The van der Waals surface area contributed by atoms with Crippen LogP contribution in [0.15, 0.2) is 52.4 Å². The minimum Gasteiger partial charge on any atom is -0.380 e. The Morgan fingerprint density at radius 1 is 1.24 bits per heavy atom. The van der Waals surface area contributed by atoms with Crippen LogP contribution in [0.3, 0.4) is 0 Å². The Balaban J connectivity index is 2.14. The Kier molecular flexibility index (Phi) is 4.89. The first-order valence-corrected chi connectivity index (χ1v) is 7.75. The van der Waals surface area contributed by atoms with E-state index < -0.39 is 15.5 Å². The first kappa shape index (κ1) is 15.4. The van der Waals surface area contributed by atoms with Crippen molar-refractivity contribution >= 4 is 10.0 Å². The maximum absolute atomic E-state index is 12.1. The quantitative estimate of drug-likeness (QED) is 0.833. The van der Waals surface area contributed by atoms with Gasteiger partial charge < -0.3 is 9.72 Å². The van der Waals surface area contributed by atoms with Crippen molar-refractivity contribution in [1.29, 1.82) is 0 Å². The van der Waals surface area contributed by atoms with Crippen LogP contribution in [-0.2, 0) is 27.9 Å². The van der Waals surface area contributed by atoms with Gasteiger partial charge in [0, 0.05) is 32.1 Å². The number of pyridine rings is 1. The Morgan fingerprint density at radius 2 is 2.00 bits per heavy atom. The number of ether oxygens (including phenoxy) is 1. The van der Waals surface area contributed by atoms with Crippen molar-refractivity contribution in [2.75, 3.05) is 7.11 Å². The highest BCUT2D eigenvalue weighted by molar-refractivity contribution is 7.89. The van der Waals surface area contributed by atoms with Crippen LogP contribution in [0.4, 0.5) is 0 Å². The molecule has 2 rings (SSSR count). The number of aromatic nitrogens is 1. The van der Waals surface area contributed by atoms with Gasteiger partial charge in [0.2, 0.25) is 15.5 Å². The van der Waals surface area contributed by atoms with Crippen molar-refractivity contribution in [3.63, 3.8) is 0 Å². The highest BCUT2D eigenvalue weighted by Gasteiger charge is 2.17. The van der Waals surface area contributed by atoms with Gasteiger partial charge in [-0.25, -0.2) is 13.1 Å². The van der Waals surface area contributed by atoms with Crippen molar-refractivity contribution < 1.29 is 13.2 Å². The molecule has 0 saturated heterocycles. The minimum atomic E-state index is -3.84. The number of nitrogens with one attached hydrogen (secondary N) is 2. The molecule has 21 heavy (non-hydrogen) atoms. The van der Waals surface area contributed by atoms with Gasteiger partial charge in [-0.2, -0.15) is 0 Å². The van der Waals surface area contributed by atoms with E-state index in [0.717, 1.165) is 11.1 Å². The van der Waals surface area contributed by atoms with E-state index in [1.807, 2.05) is 18.2 Å². The number of rotatable bonds is 6. The molecule has 7 heteroatoms. The average molecular weight is 308 g/mol. The van der Waals surface area contributed by atoms with E-state index >= 15 is 0 Å². The summed E-state index contributed by atoms with van der Waals surface area (Å²) in [6, 6.07) is 8.54. The average Bonchev–Trinajstić information content (AvgIpc) is 2.46. The monoisotopic (exact) mass is 308 g/mol. The molecule has 6 nitrogen and oxygen atoms in total. The minimum absolute atomic E-state index is 0.105. The fourth-order valence-electron chi connectivity index (χ4n) is 1.86. The third-order valence-electron chi connectivity index (χ3n) is 2.85. The molecule has 2 N–H and O–H groups in total. The lowest BCUT2D eigenvalue weighted by Crippen LogP contribution is -2.28. The van der Waals surface area contributed by atoms with Crippen molar-refractivity contribution in [3.8, 4) is 0 Å². The molecule has 1 aromatic carbocycles. The summed E-state index contributed by atoms with van der Waals surface area (Å²) >= 11 is 0. The van der Waals surface area contributed by atoms with E-state index in [1.54, 1.807) is 13.2 Å². The lowest BCUT2D eigenvalue weighted by Gasteiger charge is -2.07. The lowest BCUT2D eigenvalue weighted by molar-refractivity contribution is 0.185. The summed E-state index contributed by atoms with van der Waals surface area (Å²) in [5, 5.41) is 0. The van der Waals surface area contributed by atoms with Crippen LogP contribution in [0, 0.1) is 0 Å². The maximum atomic E-state index is 12.1. The number of aromatic amines is 1. The summed E-state index contributed by atoms with van der Waals surface area (Å²) in [5.41, 5.74) is 1.20. The van der Waals surface area contributed by atoms with Gasteiger partial charge in [-0.15, -0.1) is 0 Å². The van der Waals surface area contributed by atoms with Crippen molar-refractivity contribution in [2.24, 2.45) is 0 Å². The van der Waals surface area contributed by atoms with Crippen molar-refractivity contribution in [2.45, 2.75) is 18.0 Å². The number of H-pyrrole nitrogens is 1. The van der Waals surface area contributed by atoms with E-state index in [2.05, 4.69) is 9.71 Å². The maximum Gasteiger partial charge on any atom is 0.246 e. The largest absolute Gasteiger partial charge is 0.380 e. The van der Waals surface area contributed by atoms with Crippen molar-refractivity contribution in [1.82, 2.24) is 9.71 Å². The molecule has 0 saturated carbocycles. The highest BCUT2D eigenvalue weighted by Crippen LogP contribution is 2.08. The normalized spacial score (nSPS) is 11.5. The Labute approximate surface area is 122 Å². The summed E-state index contributed by atoms with van der Waals surface area (Å²) in [5.74, 6) is 0. The van der Waals surface area contributed by atoms with E-state index in [-0.39, 0.29) is 11.4 Å². The molecular formula is C14H16N2O4S. The second-order valence-electron chi connectivity index (χ2n) is 4.45. The number of sulfonamides is 1. The molecule has 0 aliphatic carbocycles. The zero-order valence-electron chi connectivity index (χ0n) is 11.5. The van der Waals surface area contributed by atoms with Crippen LogP contribution in [0.2, 0.25) is 0 Å². The van der Waals surface area contributed by atoms with Crippen LogP contribution in [0.25, 0.3) is 0 Å². The van der Waals surface area contributed by atoms with Gasteiger partial charge in [0.05, 0.1) is 6.61 Å². The molecule has 2 aromatic rings. The van der Waals surface area contributed by atoms with Crippen molar-refractivity contribution in [3.05, 3.63) is 64.1 Å². The molecule has 1 heterocycles. The number of benzene rings is 1. The van der Waals surface area contributed by atoms with Gasteiger partial charge in [-0.1, -0.05) is 24.3 Å². The van der Waals surface area contributed by atoms with E-state index in [9.17, 15) is 13.2 Å². The first-order chi connectivity index (χ1) is 10.0. The molecule has 0 aliphatic heterocycles. The zero-order chi connectivity index (χ0) is 15.3. The van der Waals surface area contributed by atoms with E-state index in [1.165, 1.54) is 18.5 Å². The summed E-state index contributed by atoms with van der Waals surface area (Å²) in [7, 11) is -2.24. The predicted molar refractivity (Wildman–Crippen MR) is 78.2 cm³/mol. The summed E-state index contributed by atoms with van der Waals surface area (Å²) in [4.78, 5) is 13.9. The first-order valence-electron chi connectivity index (χ1n) is 6.26. The number of hydrogen-bond donors (Lipinski definition) is 2. The summed E-state index contributed by atoms with van der Waals surface area (Å²) < 4.78 is 31.6. The van der Waals surface area contributed by atoms with Gasteiger partial charge >= 0.3 is 0 Å². The van der Waals surface area contributed by atoms with E-state index in [4.69, 9.17) is 4.74 Å². The third-order valence-corrected chi connectivity index (χ3v) is 4.27. The SMILES string of the molecule is COCc1cccc(CNS(=O)(=O)c2c[nH]ccc2=O)c1. The van der Waals surface area contributed by atoms with Crippen LogP contribution in [0.5, 0.6) is 0 Å². The molecule has 0 aliphatic rings. The van der Waals surface area contributed by atoms with Gasteiger partial charge in [-0.3, -0.25) is 4.79 Å². The van der Waals surface area contributed by atoms with Crippen LogP contribution >= 0.6 is 0 Å². The summed E-state index contributed by atoms with van der Waals surface area (Å²) in [6.07, 6.45) is 2.56. The van der Waals surface area contributed by atoms with Gasteiger partial charge in [0.1, 0.15) is 4.90 Å². The number of hydrogen-bond acceptors (Lipinski definition) is 4. The molecule has 112 valence electrons. The standard InChI is InChI=1S/C14H16N2O4S/c1-20-10-12-4-2-3-11(7-12)8-16-21(18,19)14-9-15-6-5-13(14)17/h2-7,9,16H,8,10H2,1H3,(H,15,17). The smallest absolute Gasteiger partial charge is 0.246 e. The molecule has 0 fully saturated rings. The Hall–Kier alpha value is -1.96. The third kappa shape index (κ3) is 4.01. The van der Waals surface area contributed by atoms with Gasteiger partial charge in [0.25, 0.3) is 0 Å². The molecule has 0 unspecified atom stereocenters. The number of methoxy groups -OCH3 is 1. The highest BCUT2D eigenvalue weighted by atomic mass is 32.2. The molecule has 1 aromatic heterocycles. The van der Waals surface area contributed by atoms with Gasteiger partial charge in [-0.05, 0) is 11.1 Å². The zero-order valence-corrected chi connectivity index (χ0v) is 12.3. The Bertz CT molecular complexity index is 768. The molecule has 0 atom stereocenters. The molecule has 0 bridgehead atoms. The fraction of sp³-hybridized carbons (Fsp3) is 0.214.